The van der Waals surface area contributed by atoms with Crippen LogP contribution in [0.25, 0.3) is 0 Å². The number of ether oxygens (including phenoxy) is 1. The summed E-state index contributed by atoms with van der Waals surface area (Å²) < 4.78 is 39.2. The molecule has 0 radical (unpaired) electrons. The summed E-state index contributed by atoms with van der Waals surface area (Å²) in [5.41, 5.74) is 5.28. The van der Waals surface area contributed by atoms with Gasteiger partial charge in [-0.1, -0.05) is 0 Å². The molecule has 1 aromatic rings. The van der Waals surface area contributed by atoms with E-state index in [9.17, 15) is 13.2 Å². The SMILES string of the molecule is NCc1cc(O)ccc1OC(F)(F)F. The molecule has 0 fully saturated rings. The minimum Gasteiger partial charge on any atom is -0.508 e. The zero-order valence-electron chi connectivity index (χ0n) is 7.01. The molecule has 0 unspecified atom stereocenters. The van der Waals surface area contributed by atoms with Crippen molar-refractivity contribution in [1.29, 1.82) is 0 Å². The highest BCUT2D eigenvalue weighted by Gasteiger charge is 2.31. The molecule has 0 bridgehead atoms. The van der Waals surface area contributed by atoms with Crippen LogP contribution in [0.3, 0.4) is 0 Å². The number of aromatic hydroxyl groups is 1. The van der Waals surface area contributed by atoms with E-state index >= 15 is 0 Å². The lowest BCUT2D eigenvalue weighted by atomic mass is 10.2. The summed E-state index contributed by atoms with van der Waals surface area (Å²) in [6.07, 6.45) is -4.75. The molecular weight excluding hydrogens is 199 g/mol. The minimum atomic E-state index is -4.75. The van der Waals surface area contributed by atoms with E-state index < -0.39 is 12.1 Å². The molecule has 3 N–H and O–H groups in total. The second-order valence-electron chi connectivity index (χ2n) is 2.54. The van der Waals surface area contributed by atoms with Crippen LogP contribution < -0.4 is 10.5 Å². The largest absolute Gasteiger partial charge is 0.573 e. The summed E-state index contributed by atoms with van der Waals surface area (Å²) in [7, 11) is 0. The highest BCUT2D eigenvalue weighted by molar-refractivity contribution is 5.39. The van der Waals surface area contributed by atoms with Gasteiger partial charge >= 0.3 is 6.36 Å². The molecule has 0 saturated heterocycles. The fraction of sp³-hybridized carbons (Fsp3) is 0.250. The minimum absolute atomic E-state index is 0.0994. The highest BCUT2D eigenvalue weighted by Crippen LogP contribution is 2.28. The van der Waals surface area contributed by atoms with Crippen LogP contribution in [0.4, 0.5) is 13.2 Å². The average Bonchev–Trinajstić information content (AvgIpc) is 2.06. The number of halogens is 3. The van der Waals surface area contributed by atoms with Crippen molar-refractivity contribution < 1.29 is 23.0 Å². The molecule has 0 amide bonds. The van der Waals surface area contributed by atoms with Gasteiger partial charge in [-0.2, -0.15) is 0 Å². The topological polar surface area (TPSA) is 55.5 Å². The summed E-state index contributed by atoms with van der Waals surface area (Å²) in [4.78, 5) is 0. The van der Waals surface area contributed by atoms with Crippen molar-refractivity contribution in [1.82, 2.24) is 0 Å². The van der Waals surface area contributed by atoms with Crippen molar-refractivity contribution in [3.8, 4) is 11.5 Å². The maximum Gasteiger partial charge on any atom is 0.573 e. The molecule has 3 nitrogen and oxygen atoms in total. The fourth-order valence-electron chi connectivity index (χ4n) is 0.950. The molecule has 14 heavy (non-hydrogen) atoms. The first kappa shape index (κ1) is 10.6. The van der Waals surface area contributed by atoms with Gasteiger partial charge in [-0.25, -0.2) is 0 Å². The average molecular weight is 207 g/mol. The fourth-order valence-corrected chi connectivity index (χ4v) is 0.950. The van der Waals surface area contributed by atoms with Gasteiger partial charge in [0.2, 0.25) is 0 Å². The number of phenolic OH excluding ortho intramolecular Hbond substituents is 1. The highest BCUT2D eigenvalue weighted by atomic mass is 19.4. The van der Waals surface area contributed by atoms with Gasteiger partial charge in [0.1, 0.15) is 11.5 Å². The Balaban J connectivity index is 2.97. The molecule has 1 aromatic carbocycles. The third-order valence-corrected chi connectivity index (χ3v) is 1.49. The van der Waals surface area contributed by atoms with Gasteiger partial charge in [0.15, 0.2) is 0 Å². The van der Waals surface area contributed by atoms with Gasteiger partial charge in [0.25, 0.3) is 0 Å². The van der Waals surface area contributed by atoms with Crippen molar-refractivity contribution >= 4 is 0 Å². The van der Waals surface area contributed by atoms with Crippen molar-refractivity contribution in [3.05, 3.63) is 23.8 Å². The molecule has 0 heterocycles. The maximum atomic E-state index is 11.8. The lowest BCUT2D eigenvalue weighted by molar-refractivity contribution is -0.274. The Morgan fingerprint density at radius 2 is 2.00 bits per heavy atom. The summed E-state index contributed by atoms with van der Waals surface area (Å²) in [6.45, 7) is -0.139. The van der Waals surface area contributed by atoms with Gasteiger partial charge in [-0.05, 0) is 18.2 Å². The van der Waals surface area contributed by atoms with Gasteiger partial charge in [0, 0.05) is 12.1 Å². The molecule has 1 rings (SSSR count). The van der Waals surface area contributed by atoms with Crippen LogP contribution in [0.1, 0.15) is 5.56 Å². The van der Waals surface area contributed by atoms with E-state index in [1.165, 1.54) is 0 Å². The van der Waals surface area contributed by atoms with Crippen LogP contribution in [-0.4, -0.2) is 11.5 Å². The van der Waals surface area contributed by atoms with Gasteiger partial charge in [-0.3, -0.25) is 0 Å². The summed E-state index contributed by atoms with van der Waals surface area (Å²) >= 11 is 0. The molecular formula is C8H8F3NO2. The first-order valence-corrected chi connectivity index (χ1v) is 3.70. The van der Waals surface area contributed by atoms with E-state index in [4.69, 9.17) is 10.8 Å². The molecule has 0 saturated carbocycles. The smallest absolute Gasteiger partial charge is 0.508 e. The quantitative estimate of drug-likeness (QED) is 0.776. The number of nitrogens with two attached hydrogens (primary N) is 1. The van der Waals surface area contributed by atoms with Crippen molar-refractivity contribution in [2.24, 2.45) is 5.73 Å². The predicted molar refractivity (Wildman–Crippen MR) is 42.7 cm³/mol. The van der Waals surface area contributed by atoms with E-state index in [1.807, 2.05) is 0 Å². The van der Waals surface area contributed by atoms with E-state index in [0.717, 1.165) is 18.2 Å². The van der Waals surface area contributed by atoms with E-state index in [0.29, 0.717) is 0 Å². The Morgan fingerprint density at radius 3 is 2.50 bits per heavy atom. The van der Waals surface area contributed by atoms with Crippen molar-refractivity contribution in [3.63, 3.8) is 0 Å². The molecule has 0 aliphatic heterocycles. The lowest BCUT2D eigenvalue weighted by Crippen LogP contribution is -2.18. The normalized spacial score (nSPS) is 11.4. The lowest BCUT2D eigenvalue weighted by Gasteiger charge is -2.12. The zero-order chi connectivity index (χ0) is 10.8. The molecule has 0 atom stereocenters. The Hall–Kier alpha value is -1.43. The van der Waals surface area contributed by atoms with E-state index in [-0.39, 0.29) is 17.9 Å². The molecule has 0 aliphatic carbocycles. The number of phenols is 1. The van der Waals surface area contributed by atoms with Gasteiger partial charge in [0.05, 0.1) is 0 Å². The summed E-state index contributed by atoms with van der Waals surface area (Å²) in [5.74, 6) is -0.544. The van der Waals surface area contributed by atoms with Gasteiger partial charge < -0.3 is 15.6 Å². The van der Waals surface area contributed by atoms with Crippen LogP contribution in [0.15, 0.2) is 18.2 Å². The summed E-state index contributed by atoms with van der Waals surface area (Å²) in [5, 5.41) is 8.97. The number of benzene rings is 1. The molecule has 0 aliphatic rings. The number of rotatable bonds is 2. The number of hydrogen-bond acceptors (Lipinski definition) is 3. The van der Waals surface area contributed by atoms with E-state index in [1.54, 1.807) is 0 Å². The van der Waals surface area contributed by atoms with Crippen LogP contribution in [-0.2, 0) is 6.54 Å². The van der Waals surface area contributed by atoms with Crippen LogP contribution >= 0.6 is 0 Å². The molecule has 6 heteroatoms. The second kappa shape index (κ2) is 3.75. The molecule has 78 valence electrons. The van der Waals surface area contributed by atoms with Crippen molar-refractivity contribution in [2.75, 3.05) is 0 Å². The standard InChI is InChI=1S/C8H8F3NO2/c9-8(10,11)14-7-2-1-6(13)3-5(7)4-12/h1-3,13H,4,12H2. The summed E-state index contributed by atoms with van der Waals surface area (Å²) in [6, 6.07) is 3.24. The zero-order valence-corrected chi connectivity index (χ0v) is 7.01. The molecule has 0 spiro atoms. The Kier molecular flexibility index (Phi) is 2.85. The van der Waals surface area contributed by atoms with E-state index in [2.05, 4.69) is 4.74 Å². The van der Waals surface area contributed by atoms with Crippen LogP contribution in [0.5, 0.6) is 11.5 Å². The monoisotopic (exact) mass is 207 g/mol. The van der Waals surface area contributed by atoms with Crippen molar-refractivity contribution in [2.45, 2.75) is 12.9 Å². The van der Waals surface area contributed by atoms with Crippen LogP contribution in [0, 0.1) is 0 Å². The Morgan fingerprint density at radius 1 is 1.36 bits per heavy atom. The second-order valence-corrected chi connectivity index (χ2v) is 2.54. The maximum absolute atomic E-state index is 11.8. The van der Waals surface area contributed by atoms with Gasteiger partial charge in [-0.15, -0.1) is 13.2 Å². The molecule has 0 aromatic heterocycles. The number of hydrogen-bond donors (Lipinski definition) is 2. The predicted octanol–water partition coefficient (Wildman–Crippen LogP) is 1.75. The first-order valence-electron chi connectivity index (χ1n) is 3.70. The third kappa shape index (κ3) is 2.81. The van der Waals surface area contributed by atoms with Crippen LogP contribution in [0.2, 0.25) is 0 Å². The third-order valence-electron chi connectivity index (χ3n) is 1.49. The first-order chi connectivity index (χ1) is 6.42. The Labute approximate surface area is 77.9 Å². The number of alkyl halides is 3. The Bertz CT molecular complexity index is 325.